The van der Waals surface area contributed by atoms with Gasteiger partial charge in [-0.15, -0.1) is 0 Å². The van der Waals surface area contributed by atoms with E-state index in [0.29, 0.717) is 11.8 Å². The molecule has 0 aromatic carbocycles. The average molecular weight is 350 g/mol. The number of nitrogens with zero attached hydrogens (tertiary/aromatic N) is 2. The quantitative estimate of drug-likeness (QED) is 0.827. The van der Waals surface area contributed by atoms with Crippen LogP contribution in [0.15, 0.2) is 0 Å². The normalized spacial score (nSPS) is 30.1. The summed E-state index contributed by atoms with van der Waals surface area (Å²) in [5, 5.41) is 3.22. The van der Waals surface area contributed by atoms with Crippen molar-refractivity contribution in [1.29, 1.82) is 0 Å². The molecule has 2 heterocycles. The van der Waals surface area contributed by atoms with Crippen molar-refractivity contribution in [3.63, 3.8) is 0 Å². The second-order valence-corrected chi connectivity index (χ2v) is 8.95. The number of hydrogen-bond acceptors (Lipinski definition) is 3. The Bertz CT molecular complexity index is 473. The zero-order valence-electron chi connectivity index (χ0n) is 16.2. The number of carbonyl (C=O) groups is 2. The maximum atomic E-state index is 12.6. The maximum Gasteiger partial charge on any atom is 0.225 e. The number of carbonyl (C=O) groups excluding carboxylic acids is 2. The number of piperidine rings is 2. The smallest absolute Gasteiger partial charge is 0.225 e. The summed E-state index contributed by atoms with van der Waals surface area (Å²) in [5.74, 6) is 2.37. The van der Waals surface area contributed by atoms with E-state index in [2.05, 4.69) is 31.0 Å². The van der Waals surface area contributed by atoms with E-state index in [-0.39, 0.29) is 17.9 Å². The van der Waals surface area contributed by atoms with Crippen molar-refractivity contribution in [3.05, 3.63) is 0 Å². The molecule has 5 nitrogen and oxygen atoms in total. The molecule has 0 bridgehead atoms. The monoisotopic (exact) mass is 349 g/mol. The van der Waals surface area contributed by atoms with Gasteiger partial charge in [-0.05, 0) is 50.9 Å². The summed E-state index contributed by atoms with van der Waals surface area (Å²) in [7, 11) is 0. The van der Waals surface area contributed by atoms with Crippen molar-refractivity contribution < 1.29 is 9.59 Å². The zero-order chi connectivity index (χ0) is 18.0. The van der Waals surface area contributed by atoms with E-state index in [9.17, 15) is 9.59 Å². The standard InChI is InChI=1S/C20H35N3O2/c1-14-10-15(2)12-22(11-14)13-16(3)21-19(24)17-6-8-23(9-7-17)20(25)18-4-5-18/h14-18H,4-13H2,1-3H3,(H,21,24)/t14-,15+,16-/m0/s1. The molecule has 142 valence electrons. The van der Waals surface area contributed by atoms with Gasteiger partial charge >= 0.3 is 0 Å². The van der Waals surface area contributed by atoms with Gasteiger partial charge < -0.3 is 15.1 Å². The third-order valence-electron chi connectivity index (χ3n) is 5.97. The van der Waals surface area contributed by atoms with Gasteiger partial charge in [0.1, 0.15) is 0 Å². The predicted molar refractivity (Wildman–Crippen MR) is 99.0 cm³/mol. The fourth-order valence-electron chi connectivity index (χ4n) is 4.69. The van der Waals surface area contributed by atoms with E-state index < -0.39 is 0 Å². The number of rotatable bonds is 5. The molecule has 3 rings (SSSR count). The summed E-state index contributed by atoms with van der Waals surface area (Å²) in [6.45, 7) is 11.5. The highest BCUT2D eigenvalue weighted by molar-refractivity contribution is 5.82. The Labute approximate surface area is 152 Å². The second kappa shape index (κ2) is 8.07. The molecule has 2 amide bonds. The number of likely N-dealkylation sites (tertiary alicyclic amines) is 2. The Morgan fingerprint density at radius 2 is 1.60 bits per heavy atom. The molecule has 0 spiro atoms. The molecule has 0 unspecified atom stereocenters. The fourth-order valence-corrected chi connectivity index (χ4v) is 4.69. The third kappa shape index (κ3) is 5.19. The highest BCUT2D eigenvalue weighted by atomic mass is 16.2. The third-order valence-corrected chi connectivity index (χ3v) is 5.97. The fraction of sp³-hybridized carbons (Fsp3) is 0.900. The molecule has 1 aliphatic carbocycles. The van der Waals surface area contributed by atoms with Crippen LogP contribution in [-0.4, -0.2) is 60.4 Å². The summed E-state index contributed by atoms with van der Waals surface area (Å²) < 4.78 is 0. The van der Waals surface area contributed by atoms with Crippen molar-refractivity contribution in [2.45, 2.75) is 58.9 Å². The minimum Gasteiger partial charge on any atom is -0.352 e. The van der Waals surface area contributed by atoms with Gasteiger partial charge in [0.15, 0.2) is 0 Å². The lowest BCUT2D eigenvalue weighted by atomic mass is 9.91. The van der Waals surface area contributed by atoms with Gasteiger partial charge in [-0.1, -0.05) is 13.8 Å². The van der Waals surface area contributed by atoms with E-state index in [1.165, 1.54) is 6.42 Å². The first-order chi connectivity index (χ1) is 11.9. The van der Waals surface area contributed by atoms with Gasteiger partial charge in [-0.3, -0.25) is 9.59 Å². The van der Waals surface area contributed by atoms with Gasteiger partial charge in [0.2, 0.25) is 11.8 Å². The highest BCUT2D eigenvalue weighted by Gasteiger charge is 2.36. The van der Waals surface area contributed by atoms with Crippen molar-refractivity contribution in [3.8, 4) is 0 Å². The molecular weight excluding hydrogens is 314 g/mol. The number of nitrogens with one attached hydrogen (secondary N) is 1. The number of amides is 2. The molecule has 5 heteroatoms. The molecule has 3 atom stereocenters. The molecule has 25 heavy (non-hydrogen) atoms. The summed E-state index contributed by atoms with van der Waals surface area (Å²) in [5.41, 5.74) is 0. The lowest BCUT2D eigenvalue weighted by molar-refractivity contribution is -0.136. The van der Waals surface area contributed by atoms with Crippen LogP contribution in [0, 0.1) is 23.7 Å². The first-order valence-electron chi connectivity index (χ1n) is 10.2. The molecule has 1 N–H and O–H groups in total. The van der Waals surface area contributed by atoms with E-state index in [1.807, 2.05) is 4.90 Å². The van der Waals surface area contributed by atoms with Gasteiger partial charge in [0, 0.05) is 50.6 Å². The topological polar surface area (TPSA) is 52.7 Å². The van der Waals surface area contributed by atoms with Crippen molar-refractivity contribution >= 4 is 11.8 Å². The second-order valence-electron chi connectivity index (χ2n) is 8.95. The molecular formula is C20H35N3O2. The first kappa shape index (κ1) is 18.7. The Morgan fingerprint density at radius 1 is 1.00 bits per heavy atom. The molecule has 1 saturated carbocycles. The van der Waals surface area contributed by atoms with E-state index >= 15 is 0 Å². The van der Waals surface area contributed by atoms with Crippen LogP contribution in [0.2, 0.25) is 0 Å². The minimum absolute atomic E-state index is 0.0740. The summed E-state index contributed by atoms with van der Waals surface area (Å²) in [6, 6.07) is 0.191. The molecule has 0 radical (unpaired) electrons. The van der Waals surface area contributed by atoms with Crippen molar-refractivity contribution in [2.24, 2.45) is 23.7 Å². The van der Waals surface area contributed by atoms with Crippen LogP contribution >= 0.6 is 0 Å². The lowest BCUT2D eigenvalue weighted by Crippen LogP contribution is -2.49. The Hall–Kier alpha value is -1.10. The van der Waals surface area contributed by atoms with Crippen LogP contribution in [0.3, 0.4) is 0 Å². The van der Waals surface area contributed by atoms with E-state index in [1.54, 1.807) is 0 Å². The largest absolute Gasteiger partial charge is 0.352 e. The lowest BCUT2D eigenvalue weighted by Gasteiger charge is -2.37. The zero-order valence-corrected chi connectivity index (χ0v) is 16.2. The summed E-state index contributed by atoms with van der Waals surface area (Å²) >= 11 is 0. The van der Waals surface area contributed by atoms with Crippen LogP contribution in [0.5, 0.6) is 0 Å². The van der Waals surface area contributed by atoms with Crippen molar-refractivity contribution in [1.82, 2.24) is 15.1 Å². The Kier molecular flexibility index (Phi) is 6.03. The molecule has 0 aromatic heterocycles. The van der Waals surface area contributed by atoms with Crippen LogP contribution in [-0.2, 0) is 9.59 Å². The SMILES string of the molecule is C[C@@H]1C[C@H](C)CN(C[C@H](C)NC(=O)C2CCN(C(=O)C3CC3)CC2)C1. The van der Waals surface area contributed by atoms with Crippen LogP contribution < -0.4 is 5.32 Å². The molecule has 3 aliphatic rings. The van der Waals surface area contributed by atoms with E-state index in [0.717, 1.165) is 70.2 Å². The van der Waals surface area contributed by atoms with Crippen LogP contribution in [0.4, 0.5) is 0 Å². The Morgan fingerprint density at radius 3 is 2.16 bits per heavy atom. The summed E-state index contributed by atoms with van der Waals surface area (Å²) in [4.78, 5) is 29.2. The molecule has 2 saturated heterocycles. The van der Waals surface area contributed by atoms with E-state index in [4.69, 9.17) is 0 Å². The highest BCUT2D eigenvalue weighted by Crippen LogP contribution is 2.32. The average Bonchev–Trinajstić information content (AvgIpc) is 3.38. The van der Waals surface area contributed by atoms with Gasteiger partial charge in [0.05, 0.1) is 0 Å². The molecule has 3 fully saturated rings. The van der Waals surface area contributed by atoms with Gasteiger partial charge in [0.25, 0.3) is 0 Å². The van der Waals surface area contributed by atoms with Gasteiger partial charge in [-0.2, -0.15) is 0 Å². The molecule has 2 aliphatic heterocycles. The molecule has 0 aromatic rings. The van der Waals surface area contributed by atoms with Crippen molar-refractivity contribution in [2.75, 3.05) is 32.7 Å². The number of hydrogen-bond donors (Lipinski definition) is 1. The minimum atomic E-state index is 0.0740. The first-order valence-corrected chi connectivity index (χ1v) is 10.2. The Balaban J connectivity index is 1.39. The summed E-state index contributed by atoms with van der Waals surface area (Å²) in [6.07, 6.45) is 5.06. The predicted octanol–water partition coefficient (Wildman–Crippen LogP) is 2.12. The van der Waals surface area contributed by atoms with Gasteiger partial charge in [-0.25, -0.2) is 0 Å². The maximum absolute atomic E-state index is 12.6. The van der Waals surface area contributed by atoms with Crippen LogP contribution in [0.25, 0.3) is 0 Å². The van der Waals surface area contributed by atoms with Crippen LogP contribution in [0.1, 0.15) is 52.9 Å².